The van der Waals surface area contributed by atoms with Gasteiger partial charge in [-0.05, 0) is 251 Å². The van der Waals surface area contributed by atoms with E-state index in [1.54, 1.807) is 0 Å². The molecule has 6 fully saturated rings. The van der Waals surface area contributed by atoms with Crippen LogP contribution in [-0.2, 0) is 0 Å². The van der Waals surface area contributed by atoms with Gasteiger partial charge in [0.05, 0.1) is 0 Å². The van der Waals surface area contributed by atoms with Gasteiger partial charge in [0.1, 0.15) is 0 Å². The lowest BCUT2D eigenvalue weighted by Gasteiger charge is -2.37. The van der Waals surface area contributed by atoms with E-state index in [2.05, 4.69) is 196 Å². The number of nitrogens with zero attached hydrogens (tertiary/aromatic N) is 6. The van der Waals surface area contributed by atoms with Crippen molar-refractivity contribution in [1.29, 1.82) is 0 Å². The molecule has 6 atom stereocenters. The fourth-order valence-corrected chi connectivity index (χ4v) is 11.6. The second-order valence-electron chi connectivity index (χ2n) is 27.3. The molecule has 6 heteroatoms. The molecule has 0 aromatic carbocycles. The summed E-state index contributed by atoms with van der Waals surface area (Å²) in [5.41, 5.74) is 0. The van der Waals surface area contributed by atoms with Crippen molar-refractivity contribution < 1.29 is 0 Å². The maximum Gasteiger partial charge on any atom is 0.00387 e. The van der Waals surface area contributed by atoms with Gasteiger partial charge in [-0.15, -0.1) is 0 Å². The Kier molecular flexibility index (Phi) is 34.0. The minimum atomic E-state index is 0.742. The fraction of sp³-hybridized carbons (Fsp3) is 1.00. The van der Waals surface area contributed by atoms with Crippen LogP contribution >= 0.6 is 0 Å². The lowest BCUT2D eigenvalue weighted by Crippen LogP contribution is -2.41. The van der Waals surface area contributed by atoms with Crippen molar-refractivity contribution in [2.45, 2.75) is 260 Å². The maximum absolute atomic E-state index is 2.62. The van der Waals surface area contributed by atoms with E-state index >= 15 is 0 Å². The average molecular weight is 974 g/mol. The second-order valence-corrected chi connectivity index (χ2v) is 27.3. The predicted octanol–water partition coefficient (Wildman–Crippen LogP) is 15.4. The third-order valence-corrected chi connectivity index (χ3v) is 18.3. The van der Waals surface area contributed by atoms with Gasteiger partial charge in [-0.2, -0.15) is 0 Å². The minimum Gasteiger partial charge on any atom is -0.301 e. The van der Waals surface area contributed by atoms with Crippen LogP contribution in [0.2, 0.25) is 0 Å². The smallest absolute Gasteiger partial charge is 0.00387 e. The summed E-state index contributed by atoms with van der Waals surface area (Å²) in [5.74, 6) is 10.9. The summed E-state index contributed by atoms with van der Waals surface area (Å²) >= 11 is 0. The number of rotatable bonds is 12. The Labute approximate surface area is 437 Å². The molecule has 0 aromatic rings. The monoisotopic (exact) mass is 973 g/mol. The Morgan fingerprint density at radius 1 is 0.203 bits per heavy atom. The first kappa shape index (κ1) is 66.8. The highest BCUT2D eigenvalue weighted by atomic mass is 15.2. The zero-order chi connectivity index (χ0) is 52.7. The molecule has 0 aromatic heterocycles. The van der Waals surface area contributed by atoms with Crippen molar-refractivity contribution in [2.24, 2.45) is 71.0 Å². The van der Waals surface area contributed by atoms with Gasteiger partial charge in [0.15, 0.2) is 0 Å². The fourth-order valence-electron chi connectivity index (χ4n) is 11.6. The van der Waals surface area contributed by atoms with E-state index in [1.165, 1.54) is 136 Å². The van der Waals surface area contributed by atoms with Gasteiger partial charge in [0.25, 0.3) is 0 Å². The van der Waals surface area contributed by atoms with E-state index in [0.29, 0.717) is 0 Å². The van der Waals surface area contributed by atoms with E-state index in [0.717, 1.165) is 107 Å². The first-order chi connectivity index (χ1) is 32.2. The van der Waals surface area contributed by atoms with Gasteiger partial charge >= 0.3 is 0 Å². The van der Waals surface area contributed by atoms with Crippen molar-refractivity contribution in [2.75, 3.05) is 78.5 Å². The zero-order valence-electron chi connectivity index (χ0n) is 51.9. The number of likely N-dealkylation sites (tertiary alicyclic amines) is 6. The van der Waals surface area contributed by atoms with E-state index in [1.807, 2.05) is 0 Å². The highest BCUT2D eigenvalue weighted by Gasteiger charge is 2.29. The van der Waals surface area contributed by atoms with E-state index in [4.69, 9.17) is 0 Å². The van der Waals surface area contributed by atoms with Crippen LogP contribution in [0.5, 0.6) is 0 Å². The molecule has 0 amide bonds. The van der Waals surface area contributed by atoms with E-state index in [-0.39, 0.29) is 0 Å². The summed E-state index contributed by atoms with van der Waals surface area (Å²) in [6.45, 7) is 71.7. The van der Waals surface area contributed by atoms with Crippen molar-refractivity contribution in [3.05, 3.63) is 0 Å². The summed E-state index contributed by atoms with van der Waals surface area (Å²) < 4.78 is 0. The topological polar surface area (TPSA) is 19.4 Å². The Bertz CT molecular complexity index is 990. The van der Waals surface area contributed by atoms with Crippen LogP contribution in [0.25, 0.3) is 0 Å². The molecule has 0 radical (unpaired) electrons. The van der Waals surface area contributed by atoms with Crippen molar-refractivity contribution in [3.8, 4) is 0 Å². The number of hydrogen-bond acceptors (Lipinski definition) is 6. The molecule has 6 nitrogen and oxygen atoms in total. The molecule has 2 unspecified atom stereocenters. The predicted molar refractivity (Wildman–Crippen MR) is 312 cm³/mol. The van der Waals surface area contributed by atoms with Gasteiger partial charge in [0, 0.05) is 75.5 Å². The summed E-state index contributed by atoms with van der Waals surface area (Å²) in [6, 6.07) is 4.47. The molecule has 6 aliphatic rings. The minimum absolute atomic E-state index is 0.742. The number of piperidine rings is 3. The van der Waals surface area contributed by atoms with Crippen LogP contribution in [0.4, 0.5) is 0 Å². The average Bonchev–Trinajstić information content (AvgIpc) is 4.11. The molecule has 0 aliphatic carbocycles. The Balaban J connectivity index is 0.000000414. The van der Waals surface area contributed by atoms with Gasteiger partial charge < -0.3 is 29.4 Å². The zero-order valence-corrected chi connectivity index (χ0v) is 51.9. The molecule has 0 spiro atoms. The molecular formula is C63H132N6. The highest BCUT2D eigenvalue weighted by molar-refractivity contribution is 4.83. The highest BCUT2D eigenvalue weighted by Crippen LogP contribution is 2.29. The number of hydrogen-bond donors (Lipinski definition) is 0. The largest absolute Gasteiger partial charge is 0.301 e. The Hall–Kier alpha value is -0.240. The van der Waals surface area contributed by atoms with Gasteiger partial charge in [-0.1, -0.05) is 83.1 Å². The van der Waals surface area contributed by atoms with Crippen molar-refractivity contribution >= 4 is 0 Å². The molecule has 69 heavy (non-hydrogen) atoms. The third-order valence-electron chi connectivity index (χ3n) is 18.3. The quantitative estimate of drug-likeness (QED) is 0.193. The molecule has 0 bridgehead atoms. The second kappa shape index (κ2) is 35.1. The van der Waals surface area contributed by atoms with Crippen LogP contribution in [0.1, 0.15) is 224 Å². The van der Waals surface area contributed by atoms with Crippen LogP contribution in [-0.4, -0.2) is 144 Å². The molecular weight excluding hydrogens is 841 g/mol. The Morgan fingerprint density at radius 2 is 0.348 bits per heavy atom. The molecule has 0 saturated carbocycles. The summed E-state index contributed by atoms with van der Waals surface area (Å²) in [4.78, 5) is 15.6. The Morgan fingerprint density at radius 3 is 0.464 bits per heavy atom. The lowest BCUT2D eigenvalue weighted by atomic mass is 9.87. The summed E-state index contributed by atoms with van der Waals surface area (Å²) in [6.07, 6.45) is 12.8. The van der Waals surface area contributed by atoms with E-state index < -0.39 is 0 Å². The van der Waals surface area contributed by atoms with E-state index in [9.17, 15) is 0 Å². The first-order valence-corrected chi connectivity index (χ1v) is 30.6. The van der Waals surface area contributed by atoms with Crippen LogP contribution < -0.4 is 0 Å². The normalized spacial score (nSPS) is 27.1. The molecule has 6 rings (SSSR count). The van der Waals surface area contributed by atoms with Crippen molar-refractivity contribution in [1.82, 2.24) is 29.4 Å². The molecule has 6 aliphatic heterocycles. The van der Waals surface area contributed by atoms with Crippen molar-refractivity contribution in [3.63, 3.8) is 0 Å². The SMILES string of the molecule is CC(C)C1CCCN(C(C)C)C1.CC(C)C1CCN(C(C)C)C1.CC(C)[C@@H]1CCCN(C(C)C)C1.CC(C)[C@@H]1CCN(C(C)C)C1.CC(C)[C@H]1CCCN(C(C)C)C1.CC(C)[C@H]1CCN(C(C)C)C1. The molecule has 414 valence electrons. The third kappa shape index (κ3) is 26.7. The van der Waals surface area contributed by atoms with Crippen LogP contribution in [0.3, 0.4) is 0 Å². The molecule has 6 saturated heterocycles. The van der Waals surface area contributed by atoms with Gasteiger partial charge in [-0.25, -0.2) is 0 Å². The van der Waals surface area contributed by atoms with Crippen LogP contribution in [0.15, 0.2) is 0 Å². The van der Waals surface area contributed by atoms with Gasteiger partial charge in [-0.3, -0.25) is 0 Å². The summed E-state index contributed by atoms with van der Waals surface area (Å²) in [7, 11) is 0. The molecule has 6 heterocycles. The maximum atomic E-state index is 2.62. The van der Waals surface area contributed by atoms with Gasteiger partial charge in [0.2, 0.25) is 0 Å². The standard InChI is InChI=1S/3C11H23N.3C10H21N/c3*1-9(2)11-6-5-7-12(8-11)10(3)4;3*1-8(2)10-5-6-11(7-10)9(3)4/h3*9-11H,5-8H2,1-4H3;3*8-10H,5-7H2,1-4H3/t2*11-;;2*10-;/m10.10./s1. The first-order valence-electron chi connectivity index (χ1n) is 30.6. The molecule has 0 N–H and O–H groups in total. The summed E-state index contributed by atoms with van der Waals surface area (Å²) in [5, 5.41) is 0. The lowest BCUT2D eigenvalue weighted by molar-refractivity contribution is 0.117. The van der Waals surface area contributed by atoms with Crippen LogP contribution in [0, 0.1) is 71.0 Å².